The highest BCUT2D eigenvalue weighted by Gasteiger charge is 2.81. The highest BCUT2D eigenvalue weighted by atomic mass is 16.6. The predicted molar refractivity (Wildman–Crippen MR) is 222 cm³/mol. The molecule has 10 heteroatoms. The van der Waals surface area contributed by atoms with Crippen LogP contribution in [-0.2, 0) is 31.9 Å². The van der Waals surface area contributed by atoms with Crippen molar-refractivity contribution < 1.29 is 38.8 Å². The first-order chi connectivity index (χ1) is 26.9. The van der Waals surface area contributed by atoms with Crippen LogP contribution in [0, 0.1) is 11.8 Å². The van der Waals surface area contributed by atoms with E-state index >= 15 is 0 Å². The zero-order valence-electron chi connectivity index (χ0n) is 35.7. The summed E-state index contributed by atoms with van der Waals surface area (Å²) in [4.78, 5) is 47.6. The number of Topliss-reactive ketones (excluding diaryl/α,β-unsaturated/α-hetero) is 2. The summed E-state index contributed by atoms with van der Waals surface area (Å²) in [5, 5.41) is 23.8. The molecule has 0 amide bonds. The second kappa shape index (κ2) is 16.7. The fraction of sp³-hybridized carbons (Fsp3) is 0.596. The van der Waals surface area contributed by atoms with Crippen molar-refractivity contribution >= 4 is 17.5 Å². The molecule has 1 aromatic carbocycles. The molecule has 0 unspecified atom stereocenters. The minimum Gasteiger partial charge on any atom is -0.507 e. The third-order valence-electron chi connectivity index (χ3n) is 12.9. The molecule has 4 atom stereocenters. The maximum Gasteiger partial charge on any atom is 0.333 e. The van der Waals surface area contributed by atoms with E-state index in [-0.39, 0.29) is 53.4 Å². The van der Waals surface area contributed by atoms with Gasteiger partial charge < -0.3 is 34.2 Å². The minimum absolute atomic E-state index is 0.00250. The van der Waals surface area contributed by atoms with Crippen LogP contribution in [0.5, 0.6) is 17.2 Å². The van der Waals surface area contributed by atoms with E-state index in [1.165, 1.54) is 5.57 Å². The number of nitrogens with zero attached hydrogens (tertiary/aromatic N) is 2. The second-order valence-corrected chi connectivity index (χ2v) is 18.0. The Hall–Kier alpha value is -3.99. The largest absolute Gasteiger partial charge is 0.507 e. The summed E-state index contributed by atoms with van der Waals surface area (Å²) in [6, 6.07) is 0. The maximum atomic E-state index is 15.0. The molecule has 3 fully saturated rings. The van der Waals surface area contributed by atoms with Gasteiger partial charge >= 0.3 is 5.97 Å². The van der Waals surface area contributed by atoms with E-state index in [4.69, 9.17) is 14.2 Å². The fourth-order valence-corrected chi connectivity index (χ4v) is 9.58. The molecule has 3 heterocycles. The Kier molecular flexibility index (Phi) is 12.5. The number of esters is 1. The number of ketones is 2. The quantitative estimate of drug-likeness (QED) is 0.0790. The summed E-state index contributed by atoms with van der Waals surface area (Å²) in [5.41, 5.74) is 0.593. The first-order valence-electron chi connectivity index (χ1n) is 20.9. The van der Waals surface area contributed by atoms with Crippen LogP contribution >= 0.6 is 0 Å². The third kappa shape index (κ3) is 7.94. The third-order valence-corrected chi connectivity index (χ3v) is 12.9. The number of piperazine rings is 1. The van der Waals surface area contributed by atoms with Crippen LogP contribution < -0.4 is 4.74 Å². The van der Waals surface area contributed by atoms with E-state index in [1.54, 1.807) is 19.1 Å². The lowest BCUT2D eigenvalue weighted by atomic mass is 9.51. The predicted octanol–water partition coefficient (Wildman–Crippen LogP) is 7.76. The lowest BCUT2D eigenvalue weighted by molar-refractivity contribution is -0.171. The molecule has 0 aromatic heterocycles. The molecule has 4 bridgehead atoms. The molecule has 1 saturated carbocycles. The van der Waals surface area contributed by atoms with Crippen LogP contribution in [0.2, 0.25) is 0 Å². The van der Waals surface area contributed by atoms with E-state index in [2.05, 4.69) is 36.8 Å². The Balaban J connectivity index is 1.31. The molecular formula is C47H64N2O8. The van der Waals surface area contributed by atoms with E-state index < -0.39 is 40.4 Å². The number of hydrogen-bond acceptors (Lipinski definition) is 10. The molecule has 3 aliphatic heterocycles. The maximum absolute atomic E-state index is 15.0. The number of ether oxygens (including phenoxy) is 3. The number of carbonyl (C=O) groups is 3. The highest BCUT2D eigenvalue weighted by molar-refractivity contribution is 6.18. The lowest BCUT2D eigenvalue weighted by Gasteiger charge is -2.56. The van der Waals surface area contributed by atoms with Crippen molar-refractivity contribution in [2.45, 2.75) is 124 Å². The fourth-order valence-electron chi connectivity index (χ4n) is 9.58. The molecule has 10 nitrogen and oxygen atoms in total. The van der Waals surface area contributed by atoms with Gasteiger partial charge in [0.1, 0.15) is 22.8 Å². The van der Waals surface area contributed by atoms with Gasteiger partial charge in [0.2, 0.25) is 0 Å². The van der Waals surface area contributed by atoms with Crippen LogP contribution in [0.25, 0.3) is 0 Å². The van der Waals surface area contributed by atoms with Crippen molar-refractivity contribution in [3.63, 3.8) is 0 Å². The zero-order chi connectivity index (χ0) is 41.4. The first-order valence-corrected chi connectivity index (χ1v) is 20.9. The van der Waals surface area contributed by atoms with Gasteiger partial charge in [-0.2, -0.15) is 0 Å². The summed E-state index contributed by atoms with van der Waals surface area (Å²) >= 11 is 0. The van der Waals surface area contributed by atoms with Gasteiger partial charge in [0.25, 0.3) is 0 Å². The minimum atomic E-state index is -1.63. The van der Waals surface area contributed by atoms with Gasteiger partial charge in [-0.1, -0.05) is 47.1 Å². The van der Waals surface area contributed by atoms with E-state index in [0.29, 0.717) is 29.7 Å². The molecule has 310 valence electrons. The Morgan fingerprint density at radius 2 is 1.60 bits per heavy atom. The van der Waals surface area contributed by atoms with Crippen LogP contribution in [0.15, 0.2) is 58.2 Å². The number of carbonyl (C=O) groups excluding carboxylic acids is 3. The summed E-state index contributed by atoms with van der Waals surface area (Å²) in [7, 11) is 2.14. The molecule has 3 aliphatic carbocycles. The average Bonchev–Trinajstić information content (AvgIpc) is 3.30. The standard InChI is InChI=1S/C47H64N2O8/c1-29(2)13-12-14-31(5)16-18-34-39(50)35(17-15-30(3)4)42-38(40(34)51)41(52)36-27-33-28-37-45(7,8)57-46(43(33)53,47(36,37)56-42)20-19-32(6)44(54)55-26-11-10-21-49-24-22-48(9)23-25-49/h13,15-16,19,27,33,37,50-51H,10-12,14,17-18,20-26,28H2,1-9H3/b31-16+,32-19-/t33-,37-,46+,47-/m1/s1. The van der Waals surface area contributed by atoms with Crippen LogP contribution in [-0.4, -0.2) is 101 Å². The number of phenols is 2. The Labute approximate surface area is 339 Å². The Morgan fingerprint density at radius 1 is 0.912 bits per heavy atom. The number of hydrogen-bond donors (Lipinski definition) is 2. The topological polar surface area (TPSA) is 126 Å². The number of allylic oxidation sites excluding steroid dienone is 7. The Bertz CT molecular complexity index is 1940. The normalized spacial score (nSPS) is 26.7. The number of rotatable bonds is 15. The van der Waals surface area contributed by atoms with Crippen LogP contribution in [0.4, 0.5) is 0 Å². The van der Waals surface area contributed by atoms with E-state index in [0.717, 1.165) is 69.6 Å². The molecule has 7 rings (SSSR count). The first kappa shape index (κ1) is 42.6. The molecule has 1 aromatic rings. The number of fused-ring (bicyclic) bond motifs is 1. The summed E-state index contributed by atoms with van der Waals surface area (Å²) < 4.78 is 19.7. The number of unbranched alkanes of at least 4 members (excludes halogenated alkanes) is 1. The van der Waals surface area contributed by atoms with Gasteiger partial charge in [-0.15, -0.1) is 0 Å². The van der Waals surface area contributed by atoms with Gasteiger partial charge in [0, 0.05) is 66.7 Å². The van der Waals surface area contributed by atoms with Crippen molar-refractivity contribution in [1.82, 2.24) is 9.80 Å². The zero-order valence-corrected chi connectivity index (χ0v) is 35.7. The molecule has 2 N–H and O–H groups in total. The van der Waals surface area contributed by atoms with Gasteiger partial charge in [0.15, 0.2) is 22.8 Å². The summed E-state index contributed by atoms with van der Waals surface area (Å²) in [5.74, 6) is -2.45. The van der Waals surface area contributed by atoms with Gasteiger partial charge in [-0.3, -0.25) is 9.59 Å². The van der Waals surface area contributed by atoms with Crippen LogP contribution in [0.3, 0.4) is 0 Å². The number of aromatic hydroxyl groups is 2. The smallest absolute Gasteiger partial charge is 0.333 e. The van der Waals surface area contributed by atoms with Crippen molar-refractivity contribution in [3.8, 4) is 17.2 Å². The summed E-state index contributed by atoms with van der Waals surface area (Å²) in [6.45, 7) is 21.1. The van der Waals surface area contributed by atoms with E-state index in [9.17, 15) is 24.6 Å². The van der Waals surface area contributed by atoms with Crippen molar-refractivity contribution in [2.24, 2.45) is 11.8 Å². The lowest BCUT2D eigenvalue weighted by Crippen LogP contribution is -2.72. The van der Waals surface area contributed by atoms with Crippen LogP contribution in [0.1, 0.15) is 115 Å². The van der Waals surface area contributed by atoms with Gasteiger partial charge in [0.05, 0.1) is 12.2 Å². The van der Waals surface area contributed by atoms with Crippen molar-refractivity contribution in [1.29, 1.82) is 0 Å². The number of benzene rings is 1. The molecule has 57 heavy (non-hydrogen) atoms. The molecular weight excluding hydrogens is 721 g/mol. The van der Waals surface area contributed by atoms with Crippen molar-refractivity contribution in [3.05, 3.63) is 74.9 Å². The molecule has 1 spiro atoms. The molecule has 2 saturated heterocycles. The van der Waals surface area contributed by atoms with E-state index in [1.807, 2.05) is 46.8 Å². The van der Waals surface area contributed by atoms with Gasteiger partial charge in [-0.25, -0.2) is 4.79 Å². The number of likely N-dealkylation sites (N-methyl/N-ethyl adjacent to an activating group) is 1. The monoisotopic (exact) mass is 784 g/mol. The highest BCUT2D eigenvalue weighted by Crippen LogP contribution is 2.68. The van der Waals surface area contributed by atoms with Gasteiger partial charge in [-0.05, 0) is 114 Å². The second-order valence-electron chi connectivity index (χ2n) is 18.0. The van der Waals surface area contributed by atoms with Crippen molar-refractivity contribution in [2.75, 3.05) is 46.4 Å². The Morgan fingerprint density at radius 3 is 2.28 bits per heavy atom. The summed E-state index contributed by atoms with van der Waals surface area (Å²) in [6.07, 6.45) is 13.8. The SMILES string of the molecule is CC(C)=CCC/C(C)=C/Cc1c(O)c(CC=C(C)C)c2c(c1O)C(=O)C1=C[C@@H]3C[C@@H]4C(C)(C)O[C@@](C/C=C(/C)C(=O)OCCCCN5CCN(C)CC5)(C3=O)[C@@]14O2. The molecule has 6 aliphatic rings. The average molecular weight is 785 g/mol. The molecule has 0 radical (unpaired) electrons. The number of phenolic OH excluding ortho intramolecular Hbond substituents is 2.